The number of halogens is 1. The highest BCUT2D eigenvalue weighted by molar-refractivity contribution is 6.03. The van der Waals surface area contributed by atoms with Gasteiger partial charge in [-0.2, -0.15) is 0 Å². The predicted molar refractivity (Wildman–Crippen MR) is 69.5 cm³/mol. The van der Waals surface area contributed by atoms with Crippen molar-refractivity contribution in [1.29, 1.82) is 0 Å². The van der Waals surface area contributed by atoms with Crippen LogP contribution in [-0.2, 0) is 19.1 Å². The molecule has 2 atom stereocenters. The Kier molecular flexibility index (Phi) is 4.93. The standard InChI is InChI=1S/C13H20FNO6/c1-12(2,3)21-11(19)15-9(16)8(20-6-5-14)7-13(15,4)10(17)18/h8H,5-7H2,1-4H3,(H,17,18). The van der Waals surface area contributed by atoms with Gasteiger partial charge in [-0.15, -0.1) is 0 Å². The van der Waals surface area contributed by atoms with Crippen LogP contribution in [-0.4, -0.2) is 58.5 Å². The Bertz CT molecular complexity index is 446. The minimum absolute atomic E-state index is 0.250. The summed E-state index contributed by atoms with van der Waals surface area (Å²) in [5, 5.41) is 9.32. The van der Waals surface area contributed by atoms with Crippen molar-refractivity contribution < 1.29 is 33.4 Å². The van der Waals surface area contributed by atoms with Crippen LogP contribution in [0.25, 0.3) is 0 Å². The van der Waals surface area contributed by atoms with Crippen molar-refractivity contribution in [3.8, 4) is 0 Å². The highest BCUT2D eigenvalue weighted by atomic mass is 19.1. The van der Waals surface area contributed by atoms with E-state index in [1.807, 2.05) is 0 Å². The van der Waals surface area contributed by atoms with E-state index in [0.717, 1.165) is 0 Å². The van der Waals surface area contributed by atoms with Crippen molar-refractivity contribution >= 4 is 18.0 Å². The van der Waals surface area contributed by atoms with Gasteiger partial charge in [-0.3, -0.25) is 4.79 Å². The Morgan fingerprint density at radius 3 is 2.48 bits per heavy atom. The van der Waals surface area contributed by atoms with E-state index in [1.165, 1.54) is 6.92 Å². The Balaban J connectivity index is 3.04. The van der Waals surface area contributed by atoms with Crippen LogP contribution in [0.4, 0.5) is 9.18 Å². The van der Waals surface area contributed by atoms with Gasteiger partial charge in [0.1, 0.15) is 18.4 Å². The molecule has 0 radical (unpaired) electrons. The molecule has 1 heterocycles. The fourth-order valence-corrected chi connectivity index (χ4v) is 2.03. The summed E-state index contributed by atoms with van der Waals surface area (Å²) >= 11 is 0. The molecule has 1 aliphatic heterocycles. The average Bonchev–Trinajstić information content (AvgIpc) is 2.57. The van der Waals surface area contributed by atoms with Gasteiger partial charge in [-0.05, 0) is 27.7 Å². The molecule has 1 fully saturated rings. The number of aliphatic carboxylic acids is 1. The molecule has 7 nitrogen and oxygen atoms in total. The number of amides is 2. The number of carboxylic acid groups (broad SMARTS) is 1. The third-order valence-corrected chi connectivity index (χ3v) is 3.01. The van der Waals surface area contributed by atoms with Crippen molar-refractivity contribution in [3.63, 3.8) is 0 Å². The van der Waals surface area contributed by atoms with E-state index >= 15 is 0 Å². The lowest BCUT2D eigenvalue weighted by Crippen LogP contribution is -2.53. The van der Waals surface area contributed by atoms with Gasteiger partial charge >= 0.3 is 12.1 Å². The van der Waals surface area contributed by atoms with Crippen LogP contribution in [0.2, 0.25) is 0 Å². The van der Waals surface area contributed by atoms with Gasteiger partial charge in [-0.1, -0.05) is 0 Å². The summed E-state index contributed by atoms with van der Waals surface area (Å²) in [6.07, 6.45) is -2.47. The van der Waals surface area contributed by atoms with Gasteiger partial charge in [0.05, 0.1) is 6.61 Å². The van der Waals surface area contributed by atoms with E-state index < -0.39 is 41.9 Å². The number of alkyl halides is 1. The highest BCUT2D eigenvalue weighted by Gasteiger charge is 2.57. The largest absolute Gasteiger partial charge is 0.479 e. The fourth-order valence-electron chi connectivity index (χ4n) is 2.03. The Hall–Kier alpha value is -1.70. The van der Waals surface area contributed by atoms with Gasteiger partial charge in [0.15, 0.2) is 5.54 Å². The van der Waals surface area contributed by atoms with Gasteiger partial charge < -0.3 is 14.6 Å². The SMILES string of the molecule is CC(C)(C)OC(=O)N1C(=O)C(OCCF)CC1(C)C(=O)O. The molecule has 2 unspecified atom stereocenters. The number of carbonyl (C=O) groups excluding carboxylic acids is 2. The zero-order chi connectivity index (χ0) is 16.4. The zero-order valence-electron chi connectivity index (χ0n) is 12.5. The van der Waals surface area contributed by atoms with Crippen molar-refractivity contribution in [2.24, 2.45) is 0 Å². The maximum absolute atomic E-state index is 12.2. The number of hydrogen-bond acceptors (Lipinski definition) is 5. The number of rotatable bonds is 4. The average molecular weight is 305 g/mol. The maximum Gasteiger partial charge on any atom is 0.418 e. The summed E-state index contributed by atoms with van der Waals surface area (Å²) in [7, 11) is 0. The van der Waals surface area contributed by atoms with Crippen LogP contribution >= 0.6 is 0 Å². The van der Waals surface area contributed by atoms with Gasteiger partial charge in [0.2, 0.25) is 0 Å². The van der Waals surface area contributed by atoms with Crippen LogP contribution in [0, 0.1) is 0 Å². The third-order valence-electron chi connectivity index (χ3n) is 3.01. The molecule has 0 saturated carbocycles. The molecule has 21 heavy (non-hydrogen) atoms. The fraction of sp³-hybridized carbons (Fsp3) is 0.769. The quantitative estimate of drug-likeness (QED) is 0.842. The lowest BCUT2D eigenvalue weighted by Gasteiger charge is -2.31. The molecular weight excluding hydrogens is 285 g/mol. The van der Waals surface area contributed by atoms with Gasteiger partial charge in [0.25, 0.3) is 5.91 Å². The summed E-state index contributed by atoms with van der Waals surface area (Å²) in [4.78, 5) is 36.3. The lowest BCUT2D eigenvalue weighted by atomic mass is 9.99. The van der Waals surface area contributed by atoms with E-state index in [-0.39, 0.29) is 13.0 Å². The molecule has 0 aromatic heterocycles. The second kappa shape index (κ2) is 5.97. The molecule has 0 aliphatic carbocycles. The Labute approximate surface area is 122 Å². The van der Waals surface area contributed by atoms with Gasteiger partial charge in [0, 0.05) is 6.42 Å². The van der Waals surface area contributed by atoms with Crippen molar-refractivity contribution in [2.45, 2.75) is 51.4 Å². The number of ether oxygens (including phenoxy) is 2. The van der Waals surface area contributed by atoms with E-state index in [0.29, 0.717) is 4.90 Å². The highest BCUT2D eigenvalue weighted by Crippen LogP contribution is 2.33. The smallest absolute Gasteiger partial charge is 0.418 e. The van der Waals surface area contributed by atoms with Crippen LogP contribution in [0.5, 0.6) is 0 Å². The van der Waals surface area contributed by atoms with Crippen molar-refractivity contribution in [1.82, 2.24) is 4.90 Å². The number of nitrogens with zero attached hydrogens (tertiary/aromatic N) is 1. The predicted octanol–water partition coefficient (Wildman–Crippen LogP) is 1.35. The monoisotopic (exact) mass is 305 g/mol. The minimum Gasteiger partial charge on any atom is -0.479 e. The molecule has 1 aliphatic rings. The topological polar surface area (TPSA) is 93.1 Å². The number of carboxylic acids is 1. The first-order valence-corrected chi connectivity index (χ1v) is 6.51. The molecule has 0 aromatic rings. The van der Waals surface area contributed by atoms with E-state index in [2.05, 4.69) is 0 Å². The third kappa shape index (κ3) is 3.69. The van der Waals surface area contributed by atoms with Crippen LogP contribution in [0.15, 0.2) is 0 Å². The molecule has 1 N–H and O–H groups in total. The zero-order valence-corrected chi connectivity index (χ0v) is 12.5. The summed E-state index contributed by atoms with van der Waals surface area (Å²) in [5.74, 6) is -2.18. The molecule has 0 bridgehead atoms. The normalized spacial score (nSPS) is 26.0. The molecule has 0 spiro atoms. The Morgan fingerprint density at radius 1 is 1.48 bits per heavy atom. The first-order valence-electron chi connectivity index (χ1n) is 6.51. The molecule has 0 aromatic carbocycles. The summed E-state index contributed by atoms with van der Waals surface area (Å²) in [6, 6.07) is 0. The van der Waals surface area contributed by atoms with Crippen LogP contribution in [0.3, 0.4) is 0 Å². The number of imide groups is 1. The molecule has 2 amide bonds. The second-order valence-corrected chi connectivity index (χ2v) is 5.99. The summed E-state index contributed by atoms with van der Waals surface area (Å²) in [5.41, 5.74) is -2.66. The number of carbonyl (C=O) groups is 3. The summed E-state index contributed by atoms with van der Waals surface area (Å²) in [6.45, 7) is 4.88. The molecule has 8 heteroatoms. The minimum atomic E-state index is -1.78. The van der Waals surface area contributed by atoms with E-state index in [1.54, 1.807) is 20.8 Å². The van der Waals surface area contributed by atoms with Crippen LogP contribution < -0.4 is 0 Å². The second-order valence-electron chi connectivity index (χ2n) is 5.99. The van der Waals surface area contributed by atoms with Gasteiger partial charge in [-0.25, -0.2) is 18.9 Å². The number of hydrogen-bond donors (Lipinski definition) is 1. The van der Waals surface area contributed by atoms with Crippen molar-refractivity contribution in [2.75, 3.05) is 13.3 Å². The first-order chi connectivity index (χ1) is 9.53. The molecule has 1 saturated heterocycles. The first kappa shape index (κ1) is 17.4. The lowest BCUT2D eigenvalue weighted by molar-refractivity contribution is -0.152. The van der Waals surface area contributed by atoms with E-state index in [4.69, 9.17) is 9.47 Å². The van der Waals surface area contributed by atoms with Crippen molar-refractivity contribution in [3.05, 3.63) is 0 Å². The number of likely N-dealkylation sites (tertiary alicyclic amines) is 1. The van der Waals surface area contributed by atoms with E-state index in [9.17, 15) is 23.9 Å². The molecule has 120 valence electrons. The Morgan fingerprint density at radius 2 is 2.05 bits per heavy atom. The summed E-state index contributed by atoms with van der Waals surface area (Å²) < 4.78 is 22.2. The molecule has 1 rings (SSSR count). The van der Waals surface area contributed by atoms with Crippen LogP contribution in [0.1, 0.15) is 34.1 Å². The maximum atomic E-state index is 12.2. The molecular formula is C13H20FNO6.